The molecule has 0 saturated heterocycles. The van der Waals surface area contributed by atoms with E-state index in [1.54, 1.807) is 30.3 Å². The number of sulfonamides is 1. The molecular formula is C22H26BrNO2SSi. The van der Waals surface area contributed by atoms with Crippen LogP contribution in [-0.4, -0.2) is 27.3 Å². The zero-order valence-electron chi connectivity index (χ0n) is 16.7. The van der Waals surface area contributed by atoms with Crippen molar-refractivity contribution >= 4 is 34.0 Å². The van der Waals surface area contributed by atoms with E-state index >= 15 is 0 Å². The highest BCUT2D eigenvalue weighted by Gasteiger charge is 2.30. The van der Waals surface area contributed by atoms with Crippen LogP contribution in [0.5, 0.6) is 0 Å². The molecule has 0 amide bonds. The Morgan fingerprint density at radius 1 is 1.11 bits per heavy atom. The molecule has 148 valence electrons. The van der Waals surface area contributed by atoms with Crippen molar-refractivity contribution in [2.45, 2.75) is 37.5 Å². The lowest BCUT2D eigenvalue weighted by Gasteiger charge is -2.28. The maximum atomic E-state index is 13.5. The molecule has 0 radical (unpaired) electrons. The van der Waals surface area contributed by atoms with Crippen molar-refractivity contribution in [2.75, 3.05) is 6.54 Å². The Morgan fingerprint density at radius 2 is 1.68 bits per heavy atom. The Labute approximate surface area is 178 Å². The molecule has 6 heteroatoms. The number of benzene rings is 2. The van der Waals surface area contributed by atoms with E-state index in [1.165, 1.54) is 4.31 Å². The third kappa shape index (κ3) is 5.92. The molecule has 0 aromatic heterocycles. The fourth-order valence-electron chi connectivity index (χ4n) is 2.64. The van der Waals surface area contributed by atoms with E-state index in [0.717, 1.165) is 15.6 Å². The molecule has 0 aliphatic rings. The second-order valence-corrected chi connectivity index (χ2v) is 15.2. The molecular weight excluding hydrogens is 450 g/mol. The Hall–Kier alpha value is -1.65. The average molecular weight is 477 g/mol. The molecule has 0 saturated carbocycles. The first-order valence-corrected chi connectivity index (χ1v) is 14.7. The summed E-state index contributed by atoms with van der Waals surface area (Å²) in [5.41, 5.74) is 5.13. The van der Waals surface area contributed by atoms with Crippen LogP contribution in [0.2, 0.25) is 19.6 Å². The Balaban J connectivity index is 2.53. The molecule has 2 aromatic rings. The summed E-state index contributed by atoms with van der Waals surface area (Å²) in [6, 6.07) is 14.0. The van der Waals surface area contributed by atoms with Gasteiger partial charge in [0.15, 0.2) is 0 Å². The van der Waals surface area contributed by atoms with Crippen LogP contribution in [0.15, 0.2) is 70.6 Å². The van der Waals surface area contributed by atoms with E-state index in [0.29, 0.717) is 0 Å². The Bertz CT molecular complexity index is 982. The second kappa shape index (κ2) is 9.23. The predicted molar refractivity (Wildman–Crippen MR) is 123 cm³/mol. The van der Waals surface area contributed by atoms with Gasteiger partial charge in [-0.3, -0.25) is 0 Å². The number of halogens is 1. The summed E-state index contributed by atoms with van der Waals surface area (Å²) in [5, 5.41) is 0. The van der Waals surface area contributed by atoms with Crippen LogP contribution < -0.4 is 0 Å². The highest BCUT2D eigenvalue weighted by Crippen LogP contribution is 2.29. The molecule has 3 nitrogen and oxygen atoms in total. The standard InChI is InChI=1S/C22H26BrNO2SSi/c1-6-22(19-10-12-20(23)13-11-19)24(16-7-17-28(3,4)5)27(25,26)21-14-8-18(2)9-15-21/h6,8-15,22H,1,16H2,2-5H3/t22-/m0/s1. The smallest absolute Gasteiger partial charge is 0.207 e. The fourth-order valence-corrected chi connectivity index (χ4v) is 5.01. The average Bonchev–Trinajstić information content (AvgIpc) is 2.61. The first-order valence-electron chi connectivity index (χ1n) is 9.01. The minimum Gasteiger partial charge on any atom is -0.207 e. The summed E-state index contributed by atoms with van der Waals surface area (Å²) >= 11 is 3.42. The summed E-state index contributed by atoms with van der Waals surface area (Å²) in [7, 11) is -5.36. The molecule has 28 heavy (non-hydrogen) atoms. The molecule has 0 bridgehead atoms. The van der Waals surface area contributed by atoms with E-state index in [4.69, 9.17) is 0 Å². The van der Waals surface area contributed by atoms with Gasteiger partial charge < -0.3 is 0 Å². The quantitative estimate of drug-likeness (QED) is 0.311. The highest BCUT2D eigenvalue weighted by atomic mass is 79.9. The van der Waals surface area contributed by atoms with Crippen LogP contribution in [0.1, 0.15) is 17.2 Å². The number of hydrogen-bond donors (Lipinski definition) is 0. The summed E-state index contributed by atoms with van der Waals surface area (Å²) in [6.45, 7) is 12.4. The van der Waals surface area contributed by atoms with E-state index in [9.17, 15) is 8.42 Å². The molecule has 0 fully saturated rings. The van der Waals surface area contributed by atoms with Gasteiger partial charge in [0, 0.05) is 4.47 Å². The monoisotopic (exact) mass is 475 g/mol. The largest absolute Gasteiger partial charge is 0.244 e. The third-order valence-corrected chi connectivity index (χ3v) is 7.37. The van der Waals surface area contributed by atoms with Crippen LogP contribution in [0, 0.1) is 18.4 Å². The number of rotatable bonds is 6. The van der Waals surface area contributed by atoms with E-state index in [1.807, 2.05) is 31.2 Å². The van der Waals surface area contributed by atoms with Crippen LogP contribution in [0.3, 0.4) is 0 Å². The third-order valence-electron chi connectivity index (χ3n) is 4.07. The van der Waals surface area contributed by atoms with Gasteiger partial charge in [-0.1, -0.05) is 77.4 Å². The van der Waals surface area contributed by atoms with Crippen molar-refractivity contribution in [3.05, 3.63) is 76.8 Å². The summed E-state index contributed by atoms with van der Waals surface area (Å²) in [6.07, 6.45) is 1.66. The lowest BCUT2D eigenvalue weighted by Crippen LogP contribution is -2.35. The Morgan fingerprint density at radius 3 is 2.18 bits per heavy atom. The van der Waals surface area contributed by atoms with Gasteiger partial charge in [-0.2, -0.15) is 4.31 Å². The maximum Gasteiger partial charge on any atom is 0.244 e. The zero-order valence-corrected chi connectivity index (χ0v) is 20.1. The van der Waals surface area contributed by atoms with Crippen LogP contribution in [0.4, 0.5) is 0 Å². The molecule has 2 aromatic carbocycles. The molecule has 0 unspecified atom stereocenters. The van der Waals surface area contributed by atoms with E-state index in [-0.39, 0.29) is 11.4 Å². The summed E-state index contributed by atoms with van der Waals surface area (Å²) in [4.78, 5) is 0.261. The Kier molecular flexibility index (Phi) is 7.46. The highest BCUT2D eigenvalue weighted by molar-refractivity contribution is 9.10. The van der Waals surface area contributed by atoms with Crippen LogP contribution >= 0.6 is 15.9 Å². The molecule has 0 N–H and O–H groups in total. The maximum absolute atomic E-state index is 13.5. The van der Waals surface area contributed by atoms with Crippen molar-refractivity contribution in [3.63, 3.8) is 0 Å². The van der Waals surface area contributed by atoms with Crippen molar-refractivity contribution in [1.29, 1.82) is 0 Å². The number of aryl methyl sites for hydroxylation is 1. The minimum absolute atomic E-state index is 0.118. The SMILES string of the molecule is C=C[C@@H](c1ccc(Br)cc1)N(CC#C[Si](C)(C)C)S(=O)(=O)c1ccc(C)cc1. The van der Waals surface area contributed by atoms with Crippen molar-refractivity contribution in [1.82, 2.24) is 4.31 Å². The molecule has 0 spiro atoms. The first kappa shape index (κ1) is 22.6. The summed E-state index contributed by atoms with van der Waals surface area (Å²) < 4.78 is 29.3. The van der Waals surface area contributed by atoms with Gasteiger partial charge in [0.05, 0.1) is 17.5 Å². The predicted octanol–water partition coefficient (Wildman–Crippen LogP) is 5.56. The van der Waals surface area contributed by atoms with Gasteiger partial charge in [0.2, 0.25) is 10.0 Å². The van der Waals surface area contributed by atoms with Crippen LogP contribution in [-0.2, 0) is 10.0 Å². The fraction of sp³-hybridized carbons (Fsp3) is 0.273. The minimum atomic E-state index is -3.74. The van der Waals surface area contributed by atoms with E-state index in [2.05, 4.69) is 53.6 Å². The van der Waals surface area contributed by atoms with Gasteiger partial charge in [-0.05, 0) is 36.8 Å². The van der Waals surface area contributed by atoms with Gasteiger partial charge in [-0.25, -0.2) is 8.42 Å². The molecule has 0 aliphatic heterocycles. The topological polar surface area (TPSA) is 37.4 Å². The van der Waals surface area contributed by atoms with Crippen molar-refractivity contribution in [3.8, 4) is 11.5 Å². The second-order valence-electron chi connectivity index (χ2n) is 7.65. The molecule has 0 aliphatic carbocycles. The molecule has 2 rings (SSSR count). The molecule has 1 atom stereocenters. The van der Waals surface area contributed by atoms with Gasteiger partial charge in [-0.15, -0.1) is 12.1 Å². The van der Waals surface area contributed by atoms with Gasteiger partial charge in [0.25, 0.3) is 0 Å². The van der Waals surface area contributed by atoms with Crippen molar-refractivity contribution < 1.29 is 8.42 Å². The summed E-state index contributed by atoms with van der Waals surface area (Å²) in [5.74, 6) is 3.11. The first-order chi connectivity index (χ1) is 13.0. The van der Waals surface area contributed by atoms with Crippen LogP contribution in [0.25, 0.3) is 0 Å². The zero-order chi connectivity index (χ0) is 20.9. The van der Waals surface area contributed by atoms with Gasteiger partial charge >= 0.3 is 0 Å². The number of hydrogen-bond acceptors (Lipinski definition) is 2. The lowest BCUT2D eigenvalue weighted by molar-refractivity contribution is 0.402. The van der Waals surface area contributed by atoms with Gasteiger partial charge in [0.1, 0.15) is 8.07 Å². The molecule has 0 heterocycles. The lowest BCUT2D eigenvalue weighted by atomic mass is 10.1. The normalized spacial score (nSPS) is 12.9. The van der Waals surface area contributed by atoms with Crippen molar-refractivity contribution in [2.24, 2.45) is 0 Å². The van der Waals surface area contributed by atoms with E-state index < -0.39 is 24.1 Å². The number of nitrogens with zero attached hydrogens (tertiary/aromatic N) is 1.